The normalized spacial score (nSPS) is 25.6. The number of benzene rings is 2. The molecular weight excluding hydrogens is 460 g/mol. The molecule has 1 fully saturated rings. The fourth-order valence-electron chi connectivity index (χ4n) is 4.26. The van der Waals surface area contributed by atoms with E-state index in [1.54, 1.807) is 12.3 Å². The van der Waals surface area contributed by atoms with Crippen molar-refractivity contribution in [2.24, 2.45) is 0 Å². The lowest BCUT2D eigenvalue weighted by atomic mass is 9.97. The van der Waals surface area contributed by atoms with Crippen LogP contribution in [0.4, 0.5) is 0 Å². The van der Waals surface area contributed by atoms with Crippen molar-refractivity contribution >= 4 is 0 Å². The summed E-state index contributed by atoms with van der Waals surface area (Å²) in [5.74, 6) is 1.39. The molecule has 5 atom stereocenters. The number of hydrogen-bond acceptors (Lipinski definition) is 10. The number of rotatable bonds is 6. The van der Waals surface area contributed by atoms with Gasteiger partial charge in [-0.3, -0.25) is 5.10 Å². The molecule has 0 amide bonds. The smallest absolute Gasteiger partial charge is 0.231 e. The number of aliphatic hydroxyl groups is 4. The number of nitrogens with one attached hydrogen (secondary N) is 1. The summed E-state index contributed by atoms with van der Waals surface area (Å²) < 4.78 is 22.1. The lowest BCUT2D eigenvalue weighted by Gasteiger charge is -2.39. The molecule has 3 heterocycles. The average Bonchev–Trinajstić information content (AvgIpc) is 3.53. The van der Waals surface area contributed by atoms with E-state index in [1.165, 1.54) is 6.07 Å². The molecule has 0 spiro atoms. The number of hydrogen-bond donors (Lipinski definition) is 6. The van der Waals surface area contributed by atoms with Crippen molar-refractivity contribution in [1.82, 2.24) is 10.2 Å². The summed E-state index contributed by atoms with van der Waals surface area (Å²) in [6, 6.07) is 8.64. The number of aromatic hydroxyl groups is 1. The van der Waals surface area contributed by atoms with Crippen molar-refractivity contribution in [2.75, 3.05) is 13.4 Å². The molecule has 186 valence electrons. The second-order valence-electron chi connectivity index (χ2n) is 8.37. The van der Waals surface area contributed by atoms with Gasteiger partial charge in [-0.25, -0.2) is 0 Å². The van der Waals surface area contributed by atoms with Gasteiger partial charge in [-0.05, 0) is 35.7 Å². The van der Waals surface area contributed by atoms with Crippen molar-refractivity contribution in [3.05, 3.63) is 42.1 Å². The number of fused-ring (bicyclic) bond motifs is 1. The lowest BCUT2D eigenvalue weighted by Crippen LogP contribution is -2.60. The molecule has 0 radical (unpaired) electrons. The Bertz CT molecular complexity index is 1210. The topological polar surface area (TPSA) is 167 Å². The van der Waals surface area contributed by atoms with E-state index in [0.717, 1.165) is 11.1 Å². The summed E-state index contributed by atoms with van der Waals surface area (Å²) in [5.41, 5.74) is 3.30. The van der Waals surface area contributed by atoms with E-state index in [0.29, 0.717) is 34.7 Å². The van der Waals surface area contributed by atoms with Gasteiger partial charge in [0.25, 0.3) is 0 Å². The Morgan fingerprint density at radius 2 is 1.83 bits per heavy atom. The summed E-state index contributed by atoms with van der Waals surface area (Å²) in [6.45, 7) is 1.48. The molecule has 0 unspecified atom stereocenters. The highest BCUT2D eigenvalue weighted by atomic mass is 16.7. The Kier molecular flexibility index (Phi) is 6.26. The fraction of sp³-hybridized carbons (Fsp3) is 0.375. The molecule has 11 heteroatoms. The molecule has 1 saturated heterocycles. The van der Waals surface area contributed by atoms with Crippen LogP contribution in [0.3, 0.4) is 0 Å². The number of phenolic OH excluding ortho intramolecular Hbond substituents is 1. The Balaban J connectivity index is 1.46. The maximum atomic E-state index is 10.9. The van der Waals surface area contributed by atoms with Crippen LogP contribution < -0.4 is 14.2 Å². The number of H-pyrrole nitrogens is 1. The third kappa shape index (κ3) is 4.17. The maximum absolute atomic E-state index is 10.9. The van der Waals surface area contributed by atoms with E-state index in [1.807, 2.05) is 25.1 Å². The zero-order chi connectivity index (χ0) is 24.7. The molecule has 2 aliphatic rings. The molecule has 2 aliphatic heterocycles. The molecule has 2 aromatic carbocycles. The Labute approximate surface area is 200 Å². The number of aromatic nitrogens is 2. The minimum atomic E-state index is -1.57. The van der Waals surface area contributed by atoms with Crippen LogP contribution in [0.5, 0.6) is 23.0 Å². The van der Waals surface area contributed by atoms with Gasteiger partial charge in [-0.2, -0.15) is 5.10 Å². The summed E-state index contributed by atoms with van der Waals surface area (Å²) in [5, 5.41) is 57.7. The first kappa shape index (κ1) is 23.4. The summed E-state index contributed by atoms with van der Waals surface area (Å²) in [6.07, 6.45) is -4.94. The third-order valence-corrected chi connectivity index (χ3v) is 6.24. The molecule has 1 aromatic heterocycles. The second-order valence-corrected chi connectivity index (χ2v) is 8.37. The third-order valence-electron chi connectivity index (χ3n) is 6.24. The van der Waals surface area contributed by atoms with Crippen molar-refractivity contribution in [3.63, 3.8) is 0 Å². The van der Waals surface area contributed by atoms with Crippen LogP contribution in [0.1, 0.15) is 12.5 Å². The molecule has 0 saturated carbocycles. The number of nitrogens with zero attached hydrogens (tertiary/aromatic N) is 1. The van der Waals surface area contributed by atoms with Gasteiger partial charge in [0.2, 0.25) is 13.1 Å². The second kappa shape index (κ2) is 9.36. The van der Waals surface area contributed by atoms with Crippen LogP contribution in [-0.2, 0) is 11.2 Å². The van der Waals surface area contributed by atoms with Crippen molar-refractivity contribution < 1.29 is 44.5 Å². The first-order valence-corrected chi connectivity index (χ1v) is 11.2. The molecule has 0 bridgehead atoms. The molecule has 5 rings (SSSR count). The number of aryl methyl sites for hydroxylation is 1. The van der Waals surface area contributed by atoms with Crippen LogP contribution in [-0.4, -0.2) is 79.8 Å². The summed E-state index contributed by atoms with van der Waals surface area (Å²) in [4.78, 5) is 0. The zero-order valence-corrected chi connectivity index (χ0v) is 18.8. The quantitative estimate of drug-likeness (QED) is 0.295. The van der Waals surface area contributed by atoms with Crippen LogP contribution >= 0.6 is 0 Å². The van der Waals surface area contributed by atoms with Gasteiger partial charge >= 0.3 is 0 Å². The average molecular weight is 486 g/mol. The summed E-state index contributed by atoms with van der Waals surface area (Å²) >= 11 is 0. The SMILES string of the molecule is CCc1cc(-c2[nH]ncc2-c2ccc3c(c2)OCO3)c(O)cc1O[C@@H]1O[C@@H](CO)[C@@H](O)[C@@H](O)[C@@H]1O. The van der Waals surface area contributed by atoms with E-state index >= 15 is 0 Å². The highest BCUT2D eigenvalue weighted by Gasteiger charge is 2.45. The minimum Gasteiger partial charge on any atom is -0.507 e. The van der Waals surface area contributed by atoms with Gasteiger partial charge in [0.05, 0.1) is 18.5 Å². The van der Waals surface area contributed by atoms with E-state index < -0.39 is 37.3 Å². The van der Waals surface area contributed by atoms with Gasteiger partial charge in [-0.1, -0.05) is 13.0 Å². The Morgan fingerprint density at radius 1 is 1.03 bits per heavy atom. The van der Waals surface area contributed by atoms with Gasteiger partial charge < -0.3 is 44.5 Å². The highest BCUT2D eigenvalue weighted by Crippen LogP contribution is 2.42. The minimum absolute atomic E-state index is 0.118. The number of aromatic amines is 1. The van der Waals surface area contributed by atoms with Gasteiger partial charge in [0.1, 0.15) is 35.9 Å². The van der Waals surface area contributed by atoms with Crippen LogP contribution in [0.2, 0.25) is 0 Å². The molecular formula is C24H26N2O9. The molecule has 6 N–H and O–H groups in total. The van der Waals surface area contributed by atoms with Crippen molar-refractivity contribution in [2.45, 2.75) is 44.1 Å². The monoisotopic (exact) mass is 486 g/mol. The van der Waals surface area contributed by atoms with Crippen LogP contribution in [0, 0.1) is 0 Å². The zero-order valence-electron chi connectivity index (χ0n) is 18.8. The molecule has 0 aliphatic carbocycles. The first-order valence-electron chi connectivity index (χ1n) is 11.2. The van der Waals surface area contributed by atoms with Crippen LogP contribution in [0.15, 0.2) is 36.5 Å². The largest absolute Gasteiger partial charge is 0.507 e. The molecule has 11 nitrogen and oxygen atoms in total. The Hall–Kier alpha value is -3.35. The van der Waals surface area contributed by atoms with Gasteiger partial charge in [0.15, 0.2) is 11.5 Å². The van der Waals surface area contributed by atoms with Crippen molar-refractivity contribution in [3.8, 4) is 45.4 Å². The van der Waals surface area contributed by atoms with E-state index in [2.05, 4.69) is 10.2 Å². The predicted molar refractivity (Wildman–Crippen MR) is 121 cm³/mol. The predicted octanol–water partition coefficient (Wildman–Crippen LogP) is 0.919. The number of phenols is 1. The van der Waals surface area contributed by atoms with Crippen molar-refractivity contribution in [1.29, 1.82) is 0 Å². The molecule has 35 heavy (non-hydrogen) atoms. The van der Waals surface area contributed by atoms with E-state index in [9.17, 15) is 25.5 Å². The fourth-order valence-corrected chi connectivity index (χ4v) is 4.26. The molecule has 3 aromatic rings. The lowest BCUT2D eigenvalue weighted by molar-refractivity contribution is -0.277. The van der Waals surface area contributed by atoms with Gasteiger partial charge in [-0.15, -0.1) is 0 Å². The van der Waals surface area contributed by atoms with E-state index in [4.69, 9.17) is 18.9 Å². The number of aliphatic hydroxyl groups excluding tert-OH is 4. The van der Waals surface area contributed by atoms with E-state index in [-0.39, 0.29) is 18.3 Å². The summed E-state index contributed by atoms with van der Waals surface area (Å²) in [7, 11) is 0. The first-order chi connectivity index (χ1) is 16.9. The van der Waals surface area contributed by atoms with Gasteiger partial charge in [0, 0.05) is 17.2 Å². The van der Waals surface area contributed by atoms with Crippen LogP contribution in [0.25, 0.3) is 22.4 Å². The highest BCUT2D eigenvalue weighted by molar-refractivity contribution is 5.84. The number of ether oxygens (including phenoxy) is 4. The maximum Gasteiger partial charge on any atom is 0.231 e. The Morgan fingerprint density at radius 3 is 2.60 bits per heavy atom. The standard InChI is InChI=1S/C24H26N2O9/c1-2-11-5-13(20-14(8-25-26-20)12-3-4-16-18(6-12)33-10-32-16)15(28)7-17(11)34-24-23(31)22(30)21(29)19(9-27)35-24/h3-8,19,21-24,27-31H,2,9-10H2,1H3,(H,25,26)/t19-,21+,22+,23-,24+/m0/s1.